The zero-order valence-corrected chi connectivity index (χ0v) is 17.3. The number of hydrogen-bond donors (Lipinski definition) is 0. The fourth-order valence-corrected chi connectivity index (χ4v) is 4.98. The van der Waals surface area contributed by atoms with Crippen molar-refractivity contribution in [1.82, 2.24) is 0 Å². The lowest BCUT2D eigenvalue weighted by Gasteiger charge is -2.29. The van der Waals surface area contributed by atoms with Crippen LogP contribution in [-0.4, -0.2) is 25.9 Å². The first-order chi connectivity index (χ1) is 15.0. The van der Waals surface area contributed by atoms with Gasteiger partial charge in [0.05, 0.1) is 5.69 Å². The molecular weight excluding hydrogens is 384 g/mol. The van der Waals surface area contributed by atoms with E-state index in [2.05, 4.69) is 12.1 Å². The van der Waals surface area contributed by atoms with E-state index in [1.165, 1.54) is 21.6 Å². The SMILES string of the molecule is CN(C)c1ccc2c3c(cccc13)C(=O)N(c1ccc3c(c1)Cc1ccccc1-3)C2=O. The minimum atomic E-state index is -0.269. The summed E-state index contributed by atoms with van der Waals surface area (Å²) in [5.74, 6) is -0.538. The molecule has 0 saturated heterocycles. The minimum absolute atomic E-state index is 0.269. The molecule has 0 saturated carbocycles. The molecule has 4 aromatic carbocycles. The van der Waals surface area contributed by atoms with Crippen LogP contribution in [0.15, 0.2) is 72.8 Å². The van der Waals surface area contributed by atoms with E-state index in [1.54, 1.807) is 0 Å². The summed E-state index contributed by atoms with van der Waals surface area (Å²) in [4.78, 5) is 30.3. The zero-order chi connectivity index (χ0) is 21.3. The van der Waals surface area contributed by atoms with E-state index in [0.717, 1.165) is 28.4 Å². The summed E-state index contributed by atoms with van der Waals surface area (Å²) in [6.45, 7) is 0. The molecular formula is C27H20N2O2. The highest BCUT2D eigenvalue weighted by Crippen LogP contribution is 2.41. The summed E-state index contributed by atoms with van der Waals surface area (Å²) in [7, 11) is 3.93. The summed E-state index contributed by atoms with van der Waals surface area (Å²) in [6.07, 6.45) is 0.813. The van der Waals surface area contributed by atoms with Crippen LogP contribution in [0, 0.1) is 0 Å². The molecule has 0 aromatic heterocycles. The van der Waals surface area contributed by atoms with Crippen LogP contribution in [0.3, 0.4) is 0 Å². The maximum atomic E-state index is 13.5. The van der Waals surface area contributed by atoms with Crippen molar-refractivity contribution in [2.75, 3.05) is 23.9 Å². The third-order valence-electron chi connectivity index (χ3n) is 6.40. The van der Waals surface area contributed by atoms with E-state index in [-0.39, 0.29) is 11.8 Å². The number of rotatable bonds is 2. The molecule has 0 bridgehead atoms. The lowest BCUT2D eigenvalue weighted by atomic mass is 9.92. The van der Waals surface area contributed by atoms with Gasteiger partial charge in [0.15, 0.2) is 0 Å². The Hall–Kier alpha value is -3.92. The van der Waals surface area contributed by atoms with Crippen molar-refractivity contribution >= 4 is 34.0 Å². The molecule has 0 atom stereocenters. The Labute approximate surface area is 180 Å². The second-order valence-electron chi connectivity index (χ2n) is 8.38. The van der Waals surface area contributed by atoms with Gasteiger partial charge in [0.1, 0.15) is 0 Å². The minimum Gasteiger partial charge on any atom is -0.377 e. The maximum Gasteiger partial charge on any atom is 0.265 e. The van der Waals surface area contributed by atoms with Crippen molar-refractivity contribution in [3.8, 4) is 11.1 Å². The van der Waals surface area contributed by atoms with Crippen molar-refractivity contribution in [2.45, 2.75) is 6.42 Å². The molecule has 4 nitrogen and oxygen atoms in total. The van der Waals surface area contributed by atoms with E-state index >= 15 is 0 Å². The topological polar surface area (TPSA) is 40.6 Å². The van der Waals surface area contributed by atoms with E-state index in [4.69, 9.17) is 0 Å². The summed E-state index contributed by atoms with van der Waals surface area (Å²) >= 11 is 0. The predicted molar refractivity (Wildman–Crippen MR) is 124 cm³/mol. The van der Waals surface area contributed by atoms with Crippen LogP contribution >= 0.6 is 0 Å². The van der Waals surface area contributed by atoms with Gasteiger partial charge in [-0.1, -0.05) is 42.5 Å². The van der Waals surface area contributed by atoms with Crippen molar-refractivity contribution in [2.24, 2.45) is 0 Å². The zero-order valence-electron chi connectivity index (χ0n) is 17.3. The molecule has 0 radical (unpaired) electrons. The number of amides is 2. The normalized spacial score (nSPS) is 14.1. The molecule has 1 aliphatic carbocycles. The van der Waals surface area contributed by atoms with Gasteiger partial charge in [-0.15, -0.1) is 0 Å². The molecule has 6 rings (SSSR count). The van der Waals surface area contributed by atoms with Gasteiger partial charge < -0.3 is 4.90 Å². The second-order valence-corrected chi connectivity index (χ2v) is 8.38. The standard InChI is InChI=1S/C27H20N2O2/c1-28(2)24-13-12-23-25-21(24)8-5-9-22(25)26(30)29(27(23)31)18-10-11-20-17(15-18)14-16-6-3-4-7-19(16)20/h3-13,15H,14H2,1-2H3. The van der Waals surface area contributed by atoms with Gasteiger partial charge in [0.25, 0.3) is 11.8 Å². The van der Waals surface area contributed by atoms with E-state index < -0.39 is 0 Å². The highest BCUT2D eigenvalue weighted by atomic mass is 16.2. The molecule has 1 aliphatic heterocycles. The van der Waals surface area contributed by atoms with Crippen molar-refractivity contribution in [1.29, 1.82) is 0 Å². The fraction of sp³-hybridized carbons (Fsp3) is 0.111. The highest BCUT2D eigenvalue weighted by molar-refractivity contribution is 6.36. The van der Waals surface area contributed by atoms with E-state index in [9.17, 15) is 9.59 Å². The Morgan fingerprint density at radius 1 is 0.710 bits per heavy atom. The van der Waals surface area contributed by atoms with E-state index in [0.29, 0.717) is 16.8 Å². The smallest absolute Gasteiger partial charge is 0.265 e. The molecule has 31 heavy (non-hydrogen) atoms. The lowest BCUT2D eigenvalue weighted by Crippen LogP contribution is -2.40. The predicted octanol–water partition coefficient (Wildman–Crippen LogP) is 5.28. The van der Waals surface area contributed by atoms with Gasteiger partial charge in [0, 0.05) is 41.7 Å². The first-order valence-corrected chi connectivity index (χ1v) is 10.4. The average molecular weight is 404 g/mol. The first-order valence-electron chi connectivity index (χ1n) is 10.4. The number of nitrogens with zero attached hydrogens (tertiary/aromatic N) is 2. The number of fused-ring (bicyclic) bond motifs is 3. The number of benzene rings is 4. The van der Waals surface area contributed by atoms with Crippen LogP contribution in [0.25, 0.3) is 21.9 Å². The Bertz CT molecular complexity index is 1410. The molecule has 1 heterocycles. The van der Waals surface area contributed by atoms with Gasteiger partial charge in [-0.25, -0.2) is 4.90 Å². The summed E-state index contributed by atoms with van der Waals surface area (Å²) in [5, 5.41) is 1.67. The molecule has 0 spiro atoms. The molecule has 0 unspecified atom stereocenters. The van der Waals surface area contributed by atoms with Crippen molar-refractivity contribution in [3.05, 3.63) is 95.1 Å². The number of carbonyl (C=O) groups excluding carboxylic acids is 2. The Kier molecular flexibility index (Phi) is 3.63. The summed E-state index contributed by atoms with van der Waals surface area (Å²) in [5.41, 5.74) is 7.58. The highest BCUT2D eigenvalue weighted by Gasteiger charge is 2.35. The Morgan fingerprint density at radius 2 is 1.39 bits per heavy atom. The number of hydrogen-bond acceptors (Lipinski definition) is 3. The van der Waals surface area contributed by atoms with Crippen LogP contribution in [0.2, 0.25) is 0 Å². The van der Waals surface area contributed by atoms with Crippen LogP contribution in [0.5, 0.6) is 0 Å². The Balaban J connectivity index is 1.50. The van der Waals surface area contributed by atoms with Gasteiger partial charge in [-0.3, -0.25) is 9.59 Å². The van der Waals surface area contributed by atoms with Crippen LogP contribution in [0.1, 0.15) is 31.8 Å². The Morgan fingerprint density at radius 3 is 2.19 bits per heavy atom. The lowest BCUT2D eigenvalue weighted by molar-refractivity contribution is 0.0893. The monoisotopic (exact) mass is 404 g/mol. The van der Waals surface area contributed by atoms with Crippen LogP contribution in [0.4, 0.5) is 11.4 Å². The van der Waals surface area contributed by atoms with Crippen molar-refractivity contribution < 1.29 is 9.59 Å². The molecule has 0 N–H and O–H groups in total. The van der Waals surface area contributed by atoms with Gasteiger partial charge >= 0.3 is 0 Å². The summed E-state index contributed by atoms with van der Waals surface area (Å²) in [6, 6.07) is 23.7. The number of carbonyl (C=O) groups is 2. The molecule has 0 fully saturated rings. The van der Waals surface area contributed by atoms with Gasteiger partial charge in [-0.05, 0) is 59.0 Å². The quantitative estimate of drug-likeness (QED) is 0.376. The molecule has 4 heteroatoms. The molecule has 4 aromatic rings. The van der Waals surface area contributed by atoms with E-state index in [1.807, 2.05) is 79.7 Å². The number of anilines is 2. The average Bonchev–Trinajstić information content (AvgIpc) is 3.15. The fourth-order valence-electron chi connectivity index (χ4n) is 4.98. The largest absolute Gasteiger partial charge is 0.377 e. The maximum absolute atomic E-state index is 13.5. The number of imide groups is 1. The van der Waals surface area contributed by atoms with Crippen LogP contribution in [-0.2, 0) is 6.42 Å². The molecule has 150 valence electrons. The molecule has 2 amide bonds. The summed E-state index contributed by atoms with van der Waals surface area (Å²) < 4.78 is 0. The van der Waals surface area contributed by atoms with Crippen LogP contribution < -0.4 is 9.80 Å². The third kappa shape index (κ3) is 2.42. The first kappa shape index (κ1) is 17.9. The second kappa shape index (κ2) is 6.29. The molecule has 2 aliphatic rings. The van der Waals surface area contributed by atoms with Gasteiger partial charge in [-0.2, -0.15) is 0 Å². The van der Waals surface area contributed by atoms with Gasteiger partial charge in [0.2, 0.25) is 0 Å². The third-order valence-corrected chi connectivity index (χ3v) is 6.40. The van der Waals surface area contributed by atoms with Crippen molar-refractivity contribution in [3.63, 3.8) is 0 Å².